The van der Waals surface area contributed by atoms with Crippen molar-refractivity contribution < 1.29 is 4.79 Å². The summed E-state index contributed by atoms with van der Waals surface area (Å²) in [6.45, 7) is 2.09. The van der Waals surface area contributed by atoms with Gasteiger partial charge in [0.05, 0.1) is 0 Å². The lowest BCUT2D eigenvalue weighted by Crippen LogP contribution is -1.97. The number of benzene rings is 1. The summed E-state index contributed by atoms with van der Waals surface area (Å²) in [6.07, 6.45) is 2.71. The van der Waals surface area contributed by atoms with Crippen molar-refractivity contribution in [2.75, 3.05) is 0 Å². The number of carbonyl (C=O) groups is 1. The average Bonchev–Trinajstić information content (AvgIpc) is 2.15. The van der Waals surface area contributed by atoms with E-state index in [4.69, 9.17) is 0 Å². The standard InChI is InChI=1S/C11H13O/c1-2-3-9-11(12)10-7-5-4-6-8-10/h4-5,7-8H,2-3,9H2,1H3. The van der Waals surface area contributed by atoms with Crippen molar-refractivity contribution in [1.82, 2.24) is 0 Å². The molecule has 0 aliphatic rings. The van der Waals surface area contributed by atoms with E-state index in [1.165, 1.54) is 0 Å². The Balaban J connectivity index is 2.54. The van der Waals surface area contributed by atoms with Crippen LogP contribution in [0.15, 0.2) is 24.3 Å². The molecule has 1 rings (SSSR count). The predicted octanol–water partition coefficient (Wildman–Crippen LogP) is 2.86. The van der Waals surface area contributed by atoms with Crippen LogP contribution in [0.4, 0.5) is 0 Å². The van der Waals surface area contributed by atoms with E-state index in [0.717, 1.165) is 18.4 Å². The molecule has 0 aliphatic carbocycles. The van der Waals surface area contributed by atoms with Gasteiger partial charge in [-0.1, -0.05) is 31.5 Å². The lowest BCUT2D eigenvalue weighted by molar-refractivity contribution is 0.0980. The lowest BCUT2D eigenvalue weighted by Gasteiger charge is -1.97. The molecule has 0 aromatic heterocycles. The van der Waals surface area contributed by atoms with Crippen LogP contribution in [0.1, 0.15) is 36.5 Å². The Bertz CT molecular complexity index is 238. The smallest absolute Gasteiger partial charge is 0.162 e. The van der Waals surface area contributed by atoms with Gasteiger partial charge in [0.1, 0.15) is 0 Å². The molecule has 0 atom stereocenters. The number of carbonyl (C=O) groups excluding carboxylic acids is 1. The normalized spacial score (nSPS) is 9.75. The van der Waals surface area contributed by atoms with Gasteiger partial charge in [-0.15, -0.1) is 0 Å². The Kier molecular flexibility index (Phi) is 3.52. The molecule has 0 spiro atoms. The Morgan fingerprint density at radius 3 is 3.00 bits per heavy atom. The molecular formula is C11H13O. The zero-order valence-electron chi connectivity index (χ0n) is 7.34. The summed E-state index contributed by atoms with van der Waals surface area (Å²) in [5.41, 5.74) is 0.783. The van der Waals surface area contributed by atoms with Crippen molar-refractivity contribution in [3.8, 4) is 0 Å². The third-order valence-electron chi connectivity index (χ3n) is 1.79. The van der Waals surface area contributed by atoms with Gasteiger partial charge in [0.2, 0.25) is 0 Å². The molecule has 0 N–H and O–H groups in total. The van der Waals surface area contributed by atoms with Crippen LogP contribution in [0.2, 0.25) is 0 Å². The fourth-order valence-electron chi connectivity index (χ4n) is 1.05. The Hall–Kier alpha value is -1.11. The molecule has 0 bridgehead atoms. The van der Waals surface area contributed by atoms with Gasteiger partial charge in [0.25, 0.3) is 0 Å². The van der Waals surface area contributed by atoms with Crippen molar-refractivity contribution in [1.29, 1.82) is 0 Å². The summed E-state index contributed by atoms with van der Waals surface area (Å²) < 4.78 is 0. The first-order valence-corrected chi connectivity index (χ1v) is 4.34. The van der Waals surface area contributed by atoms with Gasteiger partial charge in [-0.2, -0.15) is 0 Å². The van der Waals surface area contributed by atoms with Crippen LogP contribution in [0.5, 0.6) is 0 Å². The highest BCUT2D eigenvalue weighted by Crippen LogP contribution is 2.05. The summed E-state index contributed by atoms with van der Waals surface area (Å²) in [5, 5.41) is 0. The van der Waals surface area contributed by atoms with Gasteiger partial charge in [0, 0.05) is 12.0 Å². The topological polar surface area (TPSA) is 17.1 Å². The fraction of sp³-hybridized carbons (Fsp3) is 0.364. The molecule has 63 valence electrons. The van der Waals surface area contributed by atoms with E-state index >= 15 is 0 Å². The molecule has 1 heteroatoms. The monoisotopic (exact) mass is 161 g/mol. The van der Waals surface area contributed by atoms with E-state index in [-0.39, 0.29) is 5.78 Å². The molecule has 1 aromatic rings. The first kappa shape index (κ1) is 8.98. The van der Waals surface area contributed by atoms with Crippen molar-refractivity contribution in [2.45, 2.75) is 26.2 Å². The molecule has 0 fully saturated rings. The van der Waals surface area contributed by atoms with Gasteiger partial charge in [-0.05, 0) is 18.6 Å². The summed E-state index contributed by atoms with van der Waals surface area (Å²) in [5.74, 6) is 0.230. The fourth-order valence-corrected chi connectivity index (χ4v) is 1.05. The number of unbranched alkanes of at least 4 members (excludes halogenated alkanes) is 1. The number of Topliss-reactive ketones (excluding diaryl/α,β-unsaturated/α-hetero) is 1. The van der Waals surface area contributed by atoms with Crippen molar-refractivity contribution >= 4 is 5.78 Å². The van der Waals surface area contributed by atoms with Crippen LogP contribution in [-0.2, 0) is 0 Å². The second-order valence-electron chi connectivity index (χ2n) is 2.82. The van der Waals surface area contributed by atoms with Crippen molar-refractivity contribution in [2.24, 2.45) is 0 Å². The number of hydrogen-bond acceptors (Lipinski definition) is 1. The van der Waals surface area contributed by atoms with Crippen LogP contribution >= 0.6 is 0 Å². The maximum atomic E-state index is 11.4. The van der Waals surface area contributed by atoms with Crippen LogP contribution in [0.3, 0.4) is 0 Å². The SMILES string of the molecule is CCCCC(=O)c1c[c]ccc1. The highest BCUT2D eigenvalue weighted by Gasteiger charge is 2.02. The Morgan fingerprint density at radius 2 is 2.42 bits per heavy atom. The average molecular weight is 161 g/mol. The first-order valence-electron chi connectivity index (χ1n) is 4.34. The minimum atomic E-state index is 0.230. The maximum absolute atomic E-state index is 11.4. The molecule has 1 aromatic carbocycles. The number of rotatable bonds is 4. The predicted molar refractivity (Wildman–Crippen MR) is 49.1 cm³/mol. The number of ketones is 1. The van der Waals surface area contributed by atoms with E-state index in [1.54, 1.807) is 12.1 Å². The lowest BCUT2D eigenvalue weighted by atomic mass is 10.1. The van der Waals surface area contributed by atoms with Gasteiger partial charge < -0.3 is 0 Å². The second-order valence-corrected chi connectivity index (χ2v) is 2.82. The van der Waals surface area contributed by atoms with Gasteiger partial charge in [0.15, 0.2) is 5.78 Å². The van der Waals surface area contributed by atoms with Crippen LogP contribution in [0.25, 0.3) is 0 Å². The zero-order valence-corrected chi connectivity index (χ0v) is 7.34. The van der Waals surface area contributed by atoms with E-state index in [2.05, 4.69) is 13.0 Å². The summed E-state index contributed by atoms with van der Waals surface area (Å²) in [6, 6.07) is 10.1. The molecule has 1 nitrogen and oxygen atoms in total. The van der Waals surface area contributed by atoms with Crippen molar-refractivity contribution in [3.63, 3.8) is 0 Å². The zero-order chi connectivity index (χ0) is 8.81. The number of hydrogen-bond donors (Lipinski definition) is 0. The molecule has 0 aliphatic heterocycles. The van der Waals surface area contributed by atoms with E-state index in [0.29, 0.717) is 6.42 Å². The van der Waals surface area contributed by atoms with E-state index < -0.39 is 0 Å². The summed E-state index contributed by atoms with van der Waals surface area (Å²) in [7, 11) is 0. The van der Waals surface area contributed by atoms with Crippen LogP contribution < -0.4 is 0 Å². The van der Waals surface area contributed by atoms with Crippen molar-refractivity contribution in [3.05, 3.63) is 35.9 Å². The summed E-state index contributed by atoms with van der Waals surface area (Å²) in [4.78, 5) is 11.4. The highest BCUT2D eigenvalue weighted by atomic mass is 16.1. The summed E-state index contributed by atoms with van der Waals surface area (Å²) >= 11 is 0. The van der Waals surface area contributed by atoms with Crippen LogP contribution in [0, 0.1) is 6.07 Å². The quantitative estimate of drug-likeness (QED) is 0.620. The molecule has 0 unspecified atom stereocenters. The maximum Gasteiger partial charge on any atom is 0.162 e. The van der Waals surface area contributed by atoms with Gasteiger partial charge in [-0.3, -0.25) is 4.79 Å². The van der Waals surface area contributed by atoms with Gasteiger partial charge in [-0.25, -0.2) is 0 Å². The molecule has 0 amide bonds. The Labute approximate surface area is 73.4 Å². The molecular weight excluding hydrogens is 148 g/mol. The van der Waals surface area contributed by atoms with Gasteiger partial charge >= 0.3 is 0 Å². The van der Waals surface area contributed by atoms with E-state index in [9.17, 15) is 4.79 Å². The molecule has 0 heterocycles. The van der Waals surface area contributed by atoms with Crippen LogP contribution in [-0.4, -0.2) is 5.78 Å². The first-order chi connectivity index (χ1) is 5.84. The molecule has 1 radical (unpaired) electrons. The third kappa shape index (κ3) is 2.50. The molecule has 0 saturated heterocycles. The third-order valence-corrected chi connectivity index (χ3v) is 1.79. The highest BCUT2D eigenvalue weighted by molar-refractivity contribution is 5.95. The largest absolute Gasteiger partial charge is 0.294 e. The Morgan fingerprint density at radius 1 is 1.58 bits per heavy atom. The molecule has 0 saturated carbocycles. The minimum Gasteiger partial charge on any atom is -0.294 e. The van der Waals surface area contributed by atoms with E-state index in [1.807, 2.05) is 12.1 Å². The molecule has 12 heavy (non-hydrogen) atoms. The minimum absolute atomic E-state index is 0.230. The second kappa shape index (κ2) is 4.70.